The van der Waals surface area contributed by atoms with E-state index in [1.165, 1.54) is 17.0 Å². The van der Waals surface area contributed by atoms with Gasteiger partial charge in [-0.3, -0.25) is 0 Å². The topological polar surface area (TPSA) is 35.9 Å². The van der Waals surface area contributed by atoms with Crippen molar-refractivity contribution in [2.75, 3.05) is 22.9 Å². The zero-order valence-electron chi connectivity index (χ0n) is 20.2. The maximum Gasteiger partial charge on any atom is 0.461 e. The van der Waals surface area contributed by atoms with Crippen LogP contribution in [-0.4, -0.2) is 43.0 Å². The molecule has 1 unspecified atom stereocenters. The number of fused-ring (bicyclic) bond motifs is 2. The van der Waals surface area contributed by atoms with Crippen molar-refractivity contribution in [3.05, 3.63) is 95.6 Å². The Balaban J connectivity index is 1.59. The first-order chi connectivity index (χ1) is 18.5. The van der Waals surface area contributed by atoms with E-state index in [1.807, 2.05) is 41.3 Å². The van der Waals surface area contributed by atoms with Crippen molar-refractivity contribution in [2.45, 2.75) is 36.9 Å². The van der Waals surface area contributed by atoms with Gasteiger partial charge in [0, 0.05) is 6.54 Å². The molecule has 5 rings (SSSR count). The Morgan fingerprint density at radius 1 is 0.897 bits per heavy atom. The van der Waals surface area contributed by atoms with Gasteiger partial charge in [0.1, 0.15) is 5.75 Å². The molecule has 39 heavy (non-hydrogen) atoms. The summed E-state index contributed by atoms with van der Waals surface area (Å²) in [5.41, 5.74) is 3.21. The van der Waals surface area contributed by atoms with Crippen molar-refractivity contribution in [3.8, 4) is 5.75 Å². The number of alkyl halides is 7. The average molecular weight is 552 g/mol. The van der Waals surface area contributed by atoms with E-state index in [0.29, 0.717) is 11.4 Å². The van der Waals surface area contributed by atoms with Crippen molar-refractivity contribution in [3.63, 3.8) is 0 Å². The molecular formula is C28H23F7N2O2. The highest BCUT2D eigenvalue weighted by molar-refractivity contribution is 5.77. The van der Waals surface area contributed by atoms with E-state index in [1.54, 1.807) is 24.3 Å². The second kappa shape index (κ2) is 10.1. The van der Waals surface area contributed by atoms with E-state index >= 15 is 0 Å². The molecule has 2 aliphatic rings. The lowest BCUT2D eigenvalue weighted by Crippen LogP contribution is -2.49. The summed E-state index contributed by atoms with van der Waals surface area (Å²) in [4.78, 5) is 3.35. The molecule has 4 nitrogen and oxygen atoms in total. The fourth-order valence-corrected chi connectivity index (χ4v) is 5.05. The minimum absolute atomic E-state index is 0.0969. The number of β-amino-alcohol motifs (C(OH)–C–C–N with tert-alkyl or cyclic N) is 1. The van der Waals surface area contributed by atoms with Gasteiger partial charge in [-0.2, -0.15) is 30.7 Å². The first-order valence-electron chi connectivity index (χ1n) is 12.0. The van der Waals surface area contributed by atoms with Crippen molar-refractivity contribution in [1.29, 1.82) is 0 Å². The van der Waals surface area contributed by atoms with Gasteiger partial charge in [-0.25, -0.2) is 0 Å². The molecule has 1 N–H and O–H groups in total. The molecule has 206 valence electrons. The van der Waals surface area contributed by atoms with Crippen molar-refractivity contribution in [1.82, 2.24) is 0 Å². The number of aliphatic hydroxyl groups is 1. The highest BCUT2D eigenvalue weighted by Crippen LogP contribution is 2.47. The highest BCUT2D eigenvalue weighted by atomic mass is 19.4. The highest BCUT2D eigenvalue weighted by Gasteiger charge is 2.45. The SMILES string of the molecule is O[C@H](CN1c2ccccc2N(C2C=Cc3ccccc32)C[C@H]1c1cccc(OC(F)(F)C(F)F)c1)C(F)(F)F. The van der Waals surface area contributed by atoms with E-state index in [4.69, 9.17) is 0 Å². The van der Waals surface area contributed by atoms with Gasteiger partial charge in [0.05, 0.1) is 30.0 Å². The number of ether oxygens (including phenoxy) is 1. The molecule has 3 aromatic rings. The van der Waals surface area contributed by atoms with Crippen LogP contribution in [-0.2, 0) is 0 Å². The maximum atomic E-state index is 13.6. The van der Waals surface area contributed by atoms with Crippen LogP contribution in [0.1, 0.15) is 28.8 Å². The zero-order valence-corrected chi connectivity index (χ0v) is 20.2. The molecule has 11 heteroatoms. The number of halogens is 7. The Labute approximate surface area is 219 Å². The summed E-state index contributed by atoms with van der Waals surface area (Å²) in [6.45, 7) is -0.742. The van der Waals surface area contributed by atoms with Gasteiger partial charge in [0.15, 0.2) is 6.10 Å². The van der Waals surface area contributed by atoms with Crippen molar-refractivity contribution < 1.29 is 40.6 Å². The standard InChI is InChI=1S/C28H23F7N2O2/c29-26(30)28(34,35)39-19-8-5-7-18(14-19)24-15-36(21-13-12-17-6-1-2-9-20(17)21)22-10-3-4-11-23(22)37(24)16-25(38)27(31,32)33/h1-14,21,24-26,38H,15-16H2/t21?,24-,25+/m0/s1. The normalized spacial score (nSPS) is 19.7. The van der Waals surface area contributed by atoms with E-state index in [2.05, 4.69) is 4.74 Å². The van der Waals surface area contributed by atoms with Gasteiger partial charge >= 0.3 is 18.7 Å². The summed E-state index contributed by atoms with van der Waals surface area (Å²) >= 11 is 0. The van der Waals surface area contributed by atoms with E-state index in [9.17, 15) is 35.8 Å². The Morgan fingerprint density at radius 2 is 1.59 bits per heavy atom. The summed E-state index contributed by atoms with van der Waals surface area (Å²) in [5.74, 6) is -0.564. The molecule has 0 fully saturated rings. The predicted octanol–water partition coefficient (Wildman–Crippen LogP) is 6.98. The molecule has 0 aromatic heterocycles. The fourth-order valence-electron chi connectivity index (χ4n) is 5.05. The van der Waals surface area contributed by atoms with Crippen LogP contribution in [0.15, 0.2) is 78.9 Å². The number of hydrogen-bond donors (Lipinski definition) is 1. The number of aliphatic hydroxyl groups excluding tert-OH is 1. The number of rotatable bonds is 7. The van der Waals surface area contributed by atoms with Gasteiger partial charge < -0.3 is 19.6 Å². The summed E-state index contributed by atoms with van der Waals surface area (Å²) < 4.78 is 97.4. The summed E-state index contributed by atoms with van der Waals surface area (Å²) in [5, 5.41) is 10.0. The molecule has 1 aliphatic carbocycles. The molecule has 3 atom stereocenters. The van der Waals surface area contributed by atoms with E-state index in [-0.39, 0.29) is 18.2 Å². The number of anilines is 2. The lowest BCUT2D eigenvalue weighted by molar-refractivity contribution is -0.253. The molecule has 1 heterocycles. The van der Waals surface area contributed by atoms with E-state index < -0.39 is 43.2 Å². The van der Waals surface area contributed by atoms with Gasteiger partial charge in [-0.15, -0.1) is 0 Å². The minimum atomic E-state index is -4.91. The molecule has 0 radical (unpaired) electrons. The Morgan fingerprint density at radius 3 is 2.31 bits per heavy atom. The molecule has 0 saturated carbocycles. The lowest BCUT2D eigenvalue weighted by Gasteiger charge is -2.47. The molecule has 1 aliphatic heterocycles. The third-order valence-corrected chi connectivity index (χ3v) is 6.85. The largest absolute Gasteiger partial charge is 0.461 e. The van der Waals surface area contributed by atoms with Crippen LogP contribution in [0.5, 0.6) is 5.75 Å². The van der Waals surface area contributed by atoms with Crippen LogP contribution in [0.4, 0.5) is 42.1 Å². The molecule has 0 spiro atoms. The number of para-hydroxylation sites is 2. The quantitative estimate of drug-likeness (QED) is 0.321. The van der Waals surface area contributed by atoms with Crippen LogP contribution in [0.3, 0.4) is 0 Å². The Kier molecular flexibility index (Phi) is 6.96. The second-order valence-corrected chi connectivity index (χ2v) is 9.34. The van der Waals surface area contributed by atoms with Gasteiger partial charge in [-0.1, -0.05) is 60.7 Å². The summed E-state index contributed by atoms with van der Waals surface area (Å²) in [6, 6.07) is 18.2. The first-order valence-corrected chi connectivity index (χ1v) is 12.0. The van der Waals surface area contributed by atoms with Crippen LogP contribution < -0.4 is 14.5 Å². The minimum Gasteiger partial charge on any atom is -0.428 e. The smallest absolute Gasteiger partial charge is 0.428 e. The number of hydrogen-bond acceptors (Lipinski definition) is 4. The summed E-state index contributed by atoms with van der Waals surface area (Å²) in [6.07, 6.45) is -12.5. The second-order valence-electron chi connectivity index (χ2n) is 9.34. The molecular weight excluding hydrogens is 529 g/mol. The summed E-state index contributed by atoms with van der Waals surface area (Å²) in [7, 11) is 0. The third kappa shape index (κ3) is 5.27. The van der Waals surface area contributed by atoms with Crippen LogP contribution in [0.25, 0.3) is 6.08 Å². The van der Waals surface area contributed by atoms with Crippen LogP contribution in [0.2, 0.25) is 0 Å². The van der Waals surface area contributed by atoms with Gasteiger partial charge in [-0.05, 0) is 41.0 Å². The van der Waals surface area contributed by atoms with E-state index in [0.717, 1.165) is 23.3 Å². The Bertz CT molecular complexity index is 1360. The Hall–Kier alpha value is -3.73. The van der Waals surface area contributed by atoms with Crippen molar-refractivity contribution >= 4 is 17.5 Å². The zero-order chi connectivity index (χ0) is 27.9. The fraction of sp³-hybridized carbons (Fsp3) is 0.286. The first kappa shape index (κ1) is 26.9. The lowest BCUT2D eigenvalue weighted by atomic mass is 9.96. The third-order valence-electron chi connectivity index (χ3n) is 6.85. The van der Waals surface area contributed by atoms with Gasteiger partial charge in [0.2, 0.25) is 0 Å². The van der Waals surface area contributed by atoms with Crippen LogP contribution in [0, 0.1) is 0 Å². The molecule has 0 saturated heterocycles. The molecule has 0 amide bonds. The number of benzene rings is 3. The molecule has 0 bridgehead atoms. The van der Waals surface area contributed by atoms with Gasteiger partial charge in [0.25, 0.3) is 0 Å². The van der Waals surface area contributed by atoms with Crippen molar-refractivity contribution in [2.24, 2.45) is 0 Å². The maximum absolute atomic E-state index is 13.6. The van der Waals surface area contributed by atoms with Crippen LogP contribution >= 0.6 is 0 Å². The predicted molar refractivity (Wildman–Crippen MR) is 132 cm³/mol. The number of nitrogens with zero attached hydrogens (tertiary/aromatic N) is 2. The monoisotopic (exact) mass is 552 g/mol. The molecule has 3 aromatic carbocycles. The average Bonchev–Trinajstić information content (AvgIpc) is 3.32.